The Bertz CT molecular complexity index is 3500. The number of ether oxygens (including phenoxy) is 2. The van der Waals surface area contributed by atoms with Crippen LogP contribution in [0.4, 0.5) is 0 Å². The van der Waals surface area contributed by atoms with Gasteiger partial charge >= 0.3 is 6.92 Å². The molecule has 0 radical (unpaired) electrons. The highest BCUT2D eigenvalue weighted by Gasteiger charge is 2.31. The monoisotopic (exact) mass is 1090 g/mol. The van der Waals surface area contributed by atoms with Crippen molar-refractivity contribution >= 4 is 105 Å². The summed E-state index contributed by atoms with van der Waals surface area (Å²) < 4.78 is 23.0. The number of nitrogens with one attached hydrogen (secondary N) is 1. The third-order valence-electron chi connectivity index (χ3n) is 14.1. The van der Waals surface area contributed by atoms with Crippen LogP contribution in [0.3, 0.4) is 0 Å². The molecule has 2 unspecified atom stereocenters. The highest BCUT2D eigenvalue weighted by atomic mass is 32.1. The molecule has 5 heterocycles. The Labute approximate surface area is 469 Å². The molecule has 1 aliphatic carbocycles. The SMILES string of the molecule is NCCOB(c1cccs1)c1cccs1.[C-]#[N+]/C(=C1/CC(c2ccc(OCC(CC)CCCC)cc2)=c2c1c(-c1ccc(OCC(CC)CCCC)cc1)[nH]/c2=C(/C#N)c1nc2ccccc2s1)c1nc2ccccc2s1. The summed E-state index contributed by atoms with van der Waals surface area (Å²) in [6.45, 7) is 20.2. The van der Waals surface area contributed by atoms with Gasteiger partial charge in [-0.25, -0.2) is 14.8 Å². The first kappa shape index (κ1) is 55.1. The van der Waals surface area contributed by atoms with E-state index in [9.17, 15) is 5.26 Å². The molecule has 0 bridgehead atoms. The molecule has 9 aromatic rings. The van der Waals surface area contributed by atoms with Crippen LogP contribution in [-0.4, -0.2) is 48.2 Å². The van der Waals surface area contributed by atoms with E-state index in [2.05, 4.69) is 109 Å². The first-order valence-corrected chi connectivity index (χ1v) is 30.3. The summed E-state index contributed by atoms with van der Waals surface area (Å²) in [7, 11) is 0. The van der Waals surface area contributed by atoms with Crippen LogP contribution < -0.4 is 35.3 Å². The number of unbranched alkanes of at least 4 members (excludes halogenated alkanes) is 2. The smallest absolute Gasteiger partial charge is 0.382 e. The Balaban J connectivity index is 0.000000413. The zero-order chi connectivity index (χ0) is 53.5. The van der Waals surface area contributed by atoms with Crippen molar-refractivity contribution in [2.45, 2.75) is 85.5 Å². The number of nitriles is 1. The average Bonchev–Trinajstić information content (AvgIpc) is 4.55. The lowest BCUT2D eigenvalue weighted by molar-refractivity contribution is 0.233. The topological polar surface area (TPSA) is 123 Å². The number of hydrogen-bond acceptors (Lipinski definition) is 11. The van der Waals surface area contributed by atoms with Crippen LogP contribution >= 0.6 is 45.3 Å². The van der Waals surface area contributed by atoms with Crippen LogP contribution in [0.1, 0.15) is 107 Å². The molecule has 0 saturated carbocycles. The fourth-order valence-corrected chi connectivity index (χ4v) is 13.4. The molecular formula is C63H65BN6O3S4. The molecule has 9 nitrogen and oxygen atoms in total. The maximum absolute atomic E-state index is 11.1. The molecule has 77 heavy (non-hydrogen) atoms. The second-order valence-corrected chi connectivity index (χ2v) is 23.3. The van der Waals surface area contributed by atoms with Gasteiger partial charge in [-0.2, -0.15) is 27.9 Å². The molecule has 2 atom stereocenters. The number of rotatable bonds is 23. The first-order chi connectivity index (χ1) is 37.9. The first-order valence-electron chi connectivity index (χ1n) is 27.0. The van der Waals surface area contributed by atoms with Crippen molar-refractivity contribution in [3.8, 4) is 28.8 Å². The molecule has 0 saturated heterocycles. The predicted octanol–water partition coefficient (Wildman–Crippen LogP) is 14.1. The normalized spacial score (nSPS) is 13.8. The number of hydrogen-bond donors (Lipinski definition) is 2. The Hall–Kier alpha value is -6.62. The minimum Gasteiger partial charge on any atom is -0.493 e. The van der Waals surface area contributed by atoms with Crippen molar-refractivity contribution in [2.24, 2.45) is 17.6 Å². The van der Waals surface area contributed by atoms with Gasteiger partial charge in [0.25, 0.3) is 0 Å². The molecule has 1 aliphatic rings. The fourth-order valence-electron chi connectivity index (χ4n) is 9.78. The molecule has 0 aliphatic heterocycles. The number of benzene rings is 4. The van der Waals surface area contributed by atoms with E-state index in [4.69, 9.17) is 36.4 Å². The lowest BCUT2D eigenvalue weighted by Gasteiger charge is -2.16. The van der Waals surface area contributed by atoms with Gasteiger partial charge in [0.2, 0.25) is 5.70 Å². The molecule has 14 heteroatoms. The van der Waals surface area contributed by atoms with Crippen molar-refractivity contribution in [2.75, 3.05) is 26.4 Å². The molecule has 392 valence electrons. The number of allylic oxidation sites excluding steroid dienone is 1. The highest BCUT2D eigenvalue weighted by molar-refractivity contribution is 7.30. The van der Waals surface area contributed by atoms with E-state index >= 15 is 0 Å². The number of aromatic nitrogens is 3. The van der Waals surface area contributed by atoms with Gasteiger partial charge in [-0.3, -0.25) is 0 Å². The Morgan fingerprint density at radius 2 is 1.27 bits per heavy atom. The summed E-state index contributed by atoms with van der Waals surface area (Å²) in [5, 5.41) is 18.2. The molecule has 10 rings (SSSR count). The number of aromatic amines is 1. The summed E-state index contributed by atoms with van der Waals surface area (Å²) in [4.78, 5) is 18.0. The van der Waals surface area contributed by atoms with E-state index in [-0.39, 0.29) is 6.92 Å². The average molecular weight is 1090 g/mol. The number of thiophene rings is 2. The molecule has 4 aromatic carbocycles. The number of thiazole rings is 2. The van der Waals surface area contributed by atoms with Gasteiger partial charge in [-0.15, -0.1) is 22.7 Å². The van der Waals surface area contributed by atoms with Crippen molar-refractivity contribution in [3.63, 3.8) is 0 Å². The summed E-state index contributed by atoms with van der Waals surface area (Å²) in [5.74, 6) is 2.69. The van der Waals surface area contributed by atoms with E-state index in [1.54, 1.807) is 22.7 Å². The van der Waals surface area contributed by atoms with Crippen LogP contribution in [-0.2, 0) is 4.65 Å². The second kappa shape index (κ2) is 27.1. The molecule has 0 fully saturated rings. The number of H-pyrrole nitrogens is 1. The Kier molecular flexibility index (Phi) is 19.4. The van der Waals surface area contributed by atoms with Gasteiger partial charge < -0.3 is 24.8 Å². The maximum atomic E-state index is 11.1. The fraction of sp³-hybridized carbons (Fsp3) is 0.302. The molecule has 3 N–H and O–H groups in total. The van der Waals surface area contributed by atoms with Crippen molar-refractivity contribution in [1.82, 2.24) is 15.0 Å². The number of para-hydroxylation sites is 2. The van der Waals surface area contributed by atoms with E-state index < -0.39 is 0 Å². The van der Waals surface area contributed by atoms with Gasteiger partial charge in [-0.05, 0) is 125 Å². The summed E-state index contributed by atoms with van der Waals surface area (Å²) >= 11 is 6.49. The number of nitrogens with two attached hydrogens (primary N) is 1. The summed E-state index contributed by atoms with van der Waals surface area (Å²) in [5.41, 5.74) is 13.8. The van der Waals surface area contributed by atoms with Gasteiger partial charge in [0, 0.05) is 33.5 Å². The van der Waals surface area contributed by atoms with Crippen LogP contribution in [0.2, 0.25) is 0 Å². The lowest BCUT2D eigenvalue weighted by Crippen LogP contribution is -2.42. The highest BCUT2D eigenvalue weighted by Crippen LogP contribution is 2.43. The predicted molar refractivity (Wildman–Crippen MR) is 326 cm³/mol. The standard InChI is InChI=1S/C53H53N5O2S2.C10H12BNOS2/c1-6-10-16-34(8-3)32-59-38-26-22-36(23-27-38)40-30-41(51(55-5)53-57-44-19-13-15-21-46(44)62-53)48-47(40)50(42(31-54)52-56-43-18-12-14-20-45(43)61-52)58-49(48)37-24-28-39(29-25-37)60-33-35(9-4)17-11-7-2;12-5-6-13-11(9-3-1-7-14-9)10-4-2-8-15-10/h12-15,18-29,34-35,58H,6-11,16-17,30,32-33H2,1-4H3;1-4,7-8H,5-6,12H2/b50-42-,51-41-;. The van der Waals surface area contributed by atoms with Crippen LogP contribution in [0.5, 0.6) is 11.5 Å². The van der Waals surface area contributed by atoms with Crippen molar-refractivity contribution < 1.29 is 14.1 Å². The third kappa shape index (κ3) is 13.0. The second-order valence-electron chi connectivity index (χ2n) is 19.3. The quantitative estimate of drug-likeness (QED) is 0.0483. The Morgan fingerprint density at radius 1 is 0.727 bits per heavy atom. The molecule has 5 aromatic heterocycles. The number of fused-ring (bicyclic) bond motifs is 3. The van der Waals surface area contributed by atoms with E-state index in [1.807, 2.05) is 66.7 Å². The third-order valence-corrected chi connectivity index (χ3v) is 18.1. The van der Waals surface area contributed by atoms with E-state index in [0.29, 0.717) is 71.3 Å². The minimum atomic E-state index is 0.0635. The lowest BCUT2D eigenvalue weighted by atomic mass is 9.65. The van der Waals surface area contributed by atoms with Gasteiger partial charge in [-0.1, -0.05) is 127 Å². The van der Waals surface area contributed by atoms with Gasteiger partial charge in [0.15, 0.2) is 0 Å². The molecular weight excluding hydrogens is 1030 g/mol. The van der Waals surface area contributed by atoms with Crippen LogP contribution in [0.15, 0.2) is 132 Å². The van der Waals surface area contributed by atoms with Crippen LogP contribution in [0, 0.1) is 29.7 Å². The zero-order valence-electron chi connectivity index (χ0n) is 44.4. The largest absolute Gasteiger partial charge is 0.493 e. The summed E-state index contributed by atoms with van der Waals surface area (Å²) in [6.07, 6.45) is 9.75. The van der Waals surface area contributed by atoms with Gasteiger partial charge in [0.1, 0.15) is 33.2 Å². The number of nitrogens with zero attached hydrogens (tertiary/aromatic N) is 4. The van der Waals surface area contributed by atoms with Crippen LogP contribution in [0.25, 0.3) is 59.0 Å². The molecule has 0 amide bonds. The Morgan fingerprint density at radius 3 is 1.77 bits per heavy atom. The zero-order valence-corrected chi connectivity index (χ0v) is 47.6. The maximum Gasteiger partial charge on any atom is 0.382 e. The summed E-state index contributed by atoms with van der Waals surface area (Å²) in [6, 6.07) is 43.5. The van der Waals surface area contributed by atoms with Crippen molar-refractivity contribution in [3.05, 3.63) is 175 Å². The van der Waals surface area contributed by atoms with E-state index in [0.717, 1.165) is 96.4 Å². The van der Waals surface area contributed by atoms with Gasteiger partial charge in [0.05, 0.1) is 51.3 Å². The molecule has 0 spiro atoms. The van der Waals surface area contributed by atoms with E-state index in [1.165, 1.54) is 57.9 Å². The van der Waals surface area contributed by atoms with Crippen molar-refractivity contribution in [1.29, 1.82) is 5.26 Å². The minimum absolute atomic E-state index is 0.0635.